The Morgan fingerprint density at radius 1 is 1.24 bits per heavy atom. The average Bonchev–Trinajstić information content (AvgIpc) is 3.13. The van der Waals surface area contributed by atoms with Crippen LogP contribution in [0.5, 0.6) is 0 Å². The summed E-state index contributed by atoms with van der Waals surface area (Å²) < 4.78 is 2.18. The van der Waals surface area contributed by atoms with Gasteiger partial charge in [0.05, 0.1) is 5.02 Å². The van der Waals surface area contributed by atoms with Crippen molar-refractivity contribution >= 4 is 29.0 Å². The number of hydrogen-bond donors (Lipinski definition) is 1. The van der Waals surface area contributed by atoms with Crippen LogP contribution in [0.25, 0.3) is 11.3 Å². The monoisotopic (exact) mass is 323 g/mol. The first-order valence-electron chi connectivity index (χ1n) is 7.12. The van der Waals surface area contributed by atoms with Crippen LogP contribution in [-0.4, -0.2) is 9.55 Å². The zero-order valence-corrected chi connectivity index (χ0v) is 14.0. The summed E-state index contributed by atoms with van der Waals surface area (Å²) in [5.41, 5.74) is 7.92. The summed E-state index contributed by atoms with van der Waals surface area (Å²) in [4.78, 5) is 4.81. The third-order valence-corrected chi connectivity index (χ3v) is 4.26. The van der Waals surface area contributed by atoms with Crippen LogP contribution in [-0.2, 0) is 5.41 Å². The Morgan fingerprint density at radius 3 is 2.43 bits per heavy atom. The van der Waals surface area contributed by atoms with Gasteiger partial charge in [0.1, 0.15) is 17.3 Å². The molecule has 0 saturated heterocycles. The average molecular weight is 324 g/mol. The van der Waals surface area contributed by atoms with E-state index < -0.39 is 0 Å². The minimum absolute atomic E-state index is 0.0616. The Hall–Kier alpha value is -1.19. The fourth-order valence-electron chi connectivity index (χ4n) is 2.56. The fourth-order valence-corrected chi connectivity index (χ4v) is 3.05. The molecule has 112 valence electrons. The van der Waals surface area contributed by atoms with Crippen molar-refractivity contribution in [3.63, 3.8) is 0 Å². The first-order valence-corrected chi connectivity index (χ1v) is 7.88. The van der Waals surface area contributed by atoms with Crippen molar-refractivity contribution in [3.8, 4) is 11.3 Å². The molecule has 0 atom stereocenters. The van der Waals surface area contributed by atoms with E-state index in [1.807, 2.05) is 12.1 Å². The zero-order chi connectivity index (χ0) is 15.4. The number of hydrogen-bond acceptors (Lipinski definition) is 2. The number of nitrogen functional groups attached to an aromatic ring is 1. The maximum atomic E-state index is 6.39. The highest BCUT2D eigenvalue weighted by molar-refractivity contribution is 6.36. The van der Waals surface area contributed by atoms with Crippen LogP contribution < -0.4 is 5.73 Å². The molecule has 5 heteroatoms. The Kier molecular flexibility index (Phi) is 3.45. The van der Waals surface area contributed by atoms with Crippen LogP contribution in [0.15, 0.2) is 18.2 Å². The number of aromatic nitrogens is 2. The highest BCUT2D eigenvalue weighted by Gasteiger charge is 2.34. The van der Waals surface area contributed by atoms with E-state index in [0.717, 1.165) is 29.9 Å². The molecular weight excluding hydrogens is 305 g/mol. The Balaban J connectivity index is 2.20. The number of anilines is 1. The fraction of sp³-hybridized carbons (Fsp3) is 0.438. The SMILES string of the molecule is CC(C)(C)c1nc(-c2ccc(Cl)cc2Cl)c(N)n1C1CC1. The van der Waals surface area contributed by atoms with E-state index in [-0.39, 0.29) is 5.41 Å². The van der Waals surface area contributed by atoms with Gasteiger partial charge in [0.25, 0.3) is 0 Å². The Labute approximate surface area is 135 Å². The van der Waals surface area contributed by atoms with Crippen molar-refractivity contribution in [2.45, 2.75) is 45.1 Å². The minimum Gasteiger partial charge on any atom is -0.383 e. The second-order valence-electron chi connectivity index (χ2n) is 6.64. The summed E-state index contributed by atoms with van der Waals surface area (Å²) in [6.07, 6.45) is 2.33. The lowest BCUT2D eigenvalue weighted by Crippen LogP contribution is -2.19. The summed E-state index contributed by atoms with van der Waals surface area (Å²) in [5, 5.41) is 1.19. The topological polar surface area (TPSA) is 43.8 Å². The zero-order valence-electron chi connectivity index (χ0n) is 12.5. The Bertz CT molecular complexity index is 694. The van der Waals surface area contributed by atoms with E-state index >= 15 is 0 Å². The van der Waals surface area contributed by atoms with Gasteiger partial charge in [-0.2, -0.15) is 0 Å². The smallest absolute Gasteiger partial charge is 0.132 e. The third kappa shape index (κ3) is 2.65. The minimum atomic E-state index is -0.0616. The summed E-state index contributed by atoms with van der Waals surface area (Å²) >= 11 is 12.3. The van der Waals surface area contributed by atoms with Crippen LogP contribution in [0.1, 0.15) is 45.5 Å². The lowest BCUT2D eigenvalue weighted by atomic mass is 9.95. The molecule has 21 heavy (non-hydrogen) atoms. The van der Waals surface area contributed by atoms with Gasteiger partial charge < -0.3 is 10.3 Å². The molecule has 1 aliphatic carbocycles. The summed E-state index contributed by atoms with van der Waals surface area (Å²) in [6.45, 7) is 6.46. The van der Waals surface area contributed by atoms with E-state index in [4.69, 9.17) is 33.9 Å². The highest BCUT2D eigenvalue weighted by atomic mass is 35.5. The first kappa shape index (κ1) is 14.7. The van der Waals surface area contributed by atoms with Gasteiger partial charge in [-0.1, -0.05) is 44.0 Å². The molecule has 3 nitrogen and oxygen atoms in total. The largest absolute Gasteiger partial charge is 0.383 e. The second-order valence-corrected chi connectivity index (χ2v) is 7.49. The van der Waals surface area contributed by atoms with Crippen LogP contribution >= 0.6 is 23.2 Å². The maximum Gasteiger partial charge on any atom is 0.132 e. The summed E-state index contributed by atoms with van der Waals surface area (Å²) in [5.74, 6) is 1.72. The number of nitrogens with two attached hydrogens (primary N) is 1. The number of benzene rings is 1. The van der Waals surface area contributed by atoms with E-state index in [2.05, 4.69) is 25.3 Å². The molecule has 0 bridgehead atoms. The molecule has 0 aliphatic heterocycles. The molecule has 0 unspecified atom stereocenters. The Morgan fingerprint density at radius 2 is 1.90 bits per heavy atom. The third-order valence-electron chi connectivity index (χ3n) is 3.72. The quantitative estimate of drug-likeness (QED) is 0.838. The molecule has 1 aromatic heterocycles. The number of halogens is 2. The predicted molar refractivity (Wildman–Crippen MR) is 89.1 cm³/mol. The molecule has 1 aliphatic rings. The summed E-state index contributed by atoms with van der Waals surface area (Å²) in [6, 6.07) is 5.90. The molecule has 1 heterocycles. The first-order chi connectivity index (χ1) is 9.79. The molecule has 1 saturated carbocycles. The lowest BCUT2D eigenvalue weighted by Gasteiger charge is -2.20. The lowest BCUT2D eigenvalue weighted by molar-refractivity contribution is 0.504. The molecule has 0 spiro atoms. The maximum absolute atomic E-state index is 6.39. The van der Waals surface area contributed by atoms with Gasteiger partial charge in [-0.05, 0) is 31.0 Å². The van der Waals surface area contributed by atoms with E-state index in [9.17, 15) is 0 Å². The summed E-state index contributed by atoms with van der Waals surface area (Å²) in [7, 11) is 0. The van der Waals surface area contributed by atoms with Gasteiger partial charge in [-0.25, -0.2) is 4.98 Å². The van der Waals surface area contributed by atoms with Crippen molar-refractivity contribution in [2.24, 2.45) is 0 Å². The molecule has 1 fully saturated rings. The van der Waals surface area contributed by atoms with Crippen LogP contribution in [0.4, 0.5) is 5.82 Å². The second kappa shape index (κ2) is 4.92. The number of imidazole rings is 1. The van der Waals surface area contributed by atoms with Gasteiger partial charge in [-0.15, -0.1) is 0 Å². The van der Waals surface area contributed by atoms with Crippen LogP contribution in [0, 0.1) is 0 Å². The van der Waals surface area contributed by atoms with Crippen molar-refractivity contribution in [2.75, 3.05) is 5.73 Å². The van der Waals surface area contributed by atoms with E-state index in [1.54, 1.807) is 6.07 Å². The molecule has 2 N–H and O–H groups in total. The van der Waals surface area contributed by atoms with Crippen molar-refractivity contribution in [3.05, 3.63) is 34.1 Å². The molecular formula is C16H19Cl2N3. The number of rotatable bonds is 2. The molecule has 0 amide bonds. The van der Waals surface area contributed by atoms with Gasteiger partial charge in [-0.3, -0.25) is 0 Å². The van der Waals surface area contributed by atoms with Gasteiger partial charge in [0.15, 0.2) is 0 Å². The molecule has 1 aromatic carbocycles. The normalized spacial score (nSPS) is 15.5. The molecule has 3 rings (SSSR count). The van der Waals surface area contributed by atoms with Crippen LogP contribution in [0.2, 0.25) is 10.0 Å². The van der Waals surface area contributed by atoms with E-state index in [0.29, 0.717) is 21.9 Å². The van der Waals surface area contributed by atoms with Crippen LogP contribution in [0.3, 0.4) is 0 Å². The highest BCUT2D eigenvalue weighted by Crippen LogP contribution is 2.44. The van der Waals surface area contributed by atoms with Crippen molar-refractivity contribution < 1.29 is 0 Å². The van der Waals surface area contributed by atoms with E-state index in [1.165, 1.54) is 0 Å². The van der Waals surface area contributed by atoms with Gasteiger partial charge in [0.2, 0.25) is 0 Å². The number of nitrogens with zero attached hydrogens (tertiary/aromatic N) is 2. The predicted octanol–water partition coefficient (Wildman–Crippen LogP) is 5.07. The van der Waals surface area contributed by atoms with Crippen molar-refractivity contribution in [1.82, 2.24) is 9.55 Å². The van der Waals surface area contributed by atoms with Crippen molar-refractivity contribution in [1.29, 1.82) is 0 Å². The molecule has 0 radical (unpaired) electrons. The van der Waals surface area contributed by atoms with Gasteiger partial charge in [0, 0.05) is 22.0 Å². The van der Waals surface area contributed by atoms with Gasteiger partial charge >= 0.3 is 0 Å². The molecule has 2 aromatic rings. The standard InChI is InChI=1S/C16H19Cl2N3/c1-16(2,3)15-20-13(14(19)21(15)10-5-6-10)11-7-4-9(17)8-12(11)18/h4,7-8,10H,5-6,19H2,1-3H3.